The van der Waals surface area contributed by atoms with Crippen LogP contribution in [0.5, 0.6) is 0 Å². The molecule has 1 aromatic heterocycles. The summed E-state index contributed by atoms with van der Waals surface area (Å²) in [5, 5.41) is 1.27. The molecule has 0 saturated carbocycles. The highest BCUT2D eigenvalue weighted by atomic mass is 27.0. The molecule has 1 aromatic rings. The first-order valence-corrected chi connectivity index (χ1v) is 4.53. The molecule has 0 amide bonds. The third kappa shape index (κ3) is 1.74. The molecule has 0 spiro atoms. The van der Waals surface area contributed by atoms with Gasteiger partial charge in [-0.25, -0.2) is 4.98 Å². The van der Waals surface area contributed by atoms with Crippen molar-refractivity contribution in [2.75, 3.05) is 5.73 Å². The summed E-state index contributed by atoms with van der Waals surface area (Å²) in [4.78, 5) is 6.84. The monoisotopic (exact) mass is 139 g/mol. The highest BCUT2D eigenvalue weighted by molar-refractivity contribution is 6.08. The van der Waals surface area contributed by atoms with Gasteiger partial charge in [-0.3, -0.25) is 0 Å². The van der Waals surface area contributed by atoms with E-state index in [1.165, 1.54) is 21.6 Å². The van der Waals surface area contributed by atoms with E-state index in [1.807, 2.05) is 0 Å². The van der Waals surface area contributed by atoms with Crippen LogP contribution >= 0.6 is 0 Å². The van der Waals surface area contributed by atoms with Crippen LogP contribution in [0.4, 0.5) is 5.95 Å². The smallest absolute Gasteiger partial charge is 0.212 e. The minimum atomic E-state index is 0.528. The average molecular weight is 139 g/mol. The number of H-pyrrole nitrogens is 1. The summed E-state index contributed by atoms with van der Waals surface area (Å²) in [7, 11) is 0. The number of aryl methyl sites for hydroxylation is 1. The van der Waals surface area contributed by atoms with E-state index >= 15 is 0 Å². The lowest BCUT2D eigenvalue weighted by Gasteiger charge is -1.87. The van der Waals surface area contributed by atoms with Crippen molar-refractivity contribution in [2.24, 2.45) is 0 Å². The molecule has 0 saturated heterocycles. The number of nitrogens with two attached hydrogens (primary N) is 1. The zero-order valence-electron chi connectivity index (χ0n) is 5.52. The number of hydrogen-bond acceptors (Lipinski definition) is 2. The molecule has 0 aliphatic carbocycles. The molecular weight excluding hydrogens is 129 g/mol. The number of nitrogen functional groups attached to an aromatic ring is 1. The van der Waals surface area contributed by atoms with Gasteiger partial charge in [-0.05, 0) is 6.42 Å². The maximum Gasteiger partial charge on any atom is 0.212 e. The van der Waals surface area contributed by atoms with Gasteiger partial charge >= 0.3 is 0 Å². The SMILES string of the molecule is Nc1ncc(C[CH2][AlH2])[nH]1. The lowest BCUT2D eigenvalue weighted by Crippen LogP contribution is -1.87. The lowest BCUT2D eigenvalue weighted by molar-refractivity contribution is 1.06. The summed E-state index contributed by atoms with van der Waals surface area (Å²) in [5.41, 5.74) is 6.51. The third-order valence-electron chi connectivity index (χ3n) is 1.17. The maximum absolute atomic E-state index is 5.35. The molecule has 0 atom stereocenters. The van der Waals surface area contributed by atoms with Gasteiger partial charge in [0.25, 0.3) is 0 Å². The summed E-state index contributed by atoms with van der Waals surface area (Å²) in [6.45, 7) is 0. The van der Waals surface area contributed by atoms with Crippen molar-refractivity contribution in [1.29, 1.82) is 0 Å². The number of imidazole rings is 1. The van der Waals surface area contributed by atoms with Gasteiger partial charge in [0, 0.05) is 5.69 Å². The fourth-order valence-corrected chi connectivity index (χ4v) is 1.31. The van der Waals surface area contributed by atoms with Crippen molar-refractivity contribution in [2.45, 2.75) is 11.7 Å². The first-order valence-electron chi connectivity index (χ1n) is 3.12. The molecule has 4 heteroatoms. The highest BCUT2D eigenvalue weighted by Crippen LogP contribution is 1.99. The van der Waals surface area contributed by atoms with Crippen molar-refractivity contribution in [3.63, 3.8) is 0 Å². The number of anilines is 1. The number of nitrogens with one attached hydrogen (secondary N) is 1. The van der Waals surface area contributed by atoms with Crippen molar-refractivity contribution >= 4 is 22.2 Å². The predicted octanol–water partition coefficient (Wildman–Crippen LogP) is -0.414. The minimum absolute atomic E-state index is 0.528. The third-order valence-corrected chi connectivity index (χ3v) is 1.67. The van der Waals surface area contributed by atoms with Gasteiger partial charge in [0.05, 0.1) is 6.20 Å². The highest BCUT2D eigenvalue weighted by Gasteiger charge is 1.92. The van der Waals surface area contributed by atoms with E-state index in [-0.39, 0.29) is 0 Å². The molecule has 3 N–H and O–H groups in total. The van der Waals surface area contributed by atoms with E-state index in [0.29, 0.717) is 5.95 Å². The Bertz CT molecular complexity index is 184. The van der Waals surface area contributed by atoms with E-state index < -0.39 is 0 Å². The van der Waals surface area contributed by atoms with Gasteiger partial charge in [-0.1, -0.05) is 5.28 Å². The van der Waals surface area contributed by atoms with Crippen LogP contribution in [-0.2, 0) is 6.42 Å². The molecule has 9 heavy (non-hydrogen) atoms. The average Bonchev–Trinajstić information content (AvgIpc) is 2.17. The van der Waals surface area contributed by atoms with Crippen LogP contribution in [0, 0.1) is 0 Å². The molecule has 0 aliphatic rings. The van der Waals surface area contributed by atoms with Gasteiger partial charge < -0.3 is 10.7 Å². The first-order chi connectivity index (χ1) is 4.33. The molecule has 1 rings (SSSR count). The summed E-state index contributed by atoms with van der Waals surface area (Å²) >= 11 is 1.24. The summed E-state index contributed by atoms with van der Waals surface area (Å²) in [6, 6.07) is 0. The second-order valence-electron chi connectivity index (χ2n) is 2.04. The van der Waals surface area contributed by atoms with Crippen molar-refractivity contribution < 1.29 is 0 Å². The molecule has 0 bridgehead atoms. The molecule has 0 fully saturated rings. The van der Waals surface area contributed by atoms with Crippen LogP contribution in [0.1, 0.15) is 5.69 Å². The molecule has 0 aromatic carbocycles. The lowest BCUT2D eigenvalue weighted by atomic mass is 10.4. The van der Waals surface area contributed by atoms with E-state index in [4.69, 9.17) is 5.73 Å². The van der Waals surface area contributed by atoms with Crippen molar-refractivity contribution in [3.8, 4) is 0 Å². The van der Waals surface area contributed by atoms with Crippen LogP contribution in [0.3, 0.4) is 0 Å². The Balaban J connectivity index is 2.61. The summed E-state index contributed by atoms with van der Waals surface area (Å²) in [5.74, 6) is 0.528. The molecular formula is C5H10AlN3. The molecule has 1 heterocycles. The van der Waals surface area contributed by atoms with Crippen molar-refractivity contribution in [1.82, 2.24) is 9.97 Å². The summed E-state index contributed by atoms with van der Waals surface area (Å²) in [6.07, 6.45) is 2.89. The number of aromatic nitrogens is 2. The Morgan fingerprint density at radius 1 is 1.78 bits per heavy atom. The van der Waals surface area contributed by atoms with Gasteiger partial charge in [0.1, 0.15) is 0 Å². The zero-order chi connectivity index (χ0) is 6.69. The van der Waals surface area contributed by atoms with Crippen LogP contribution in [0.2, 0.25) is 5.28 Å². The van der Waals surface area contributed by atoms with E-state index in [0.717, 1.165) is 12.1 Å². The normalized spacial score (nSPS) is 9.78. The van der Waals surface area contributed by atoms with Gasteiger partial charge in [-0.2, -0.15) is 0 Å². The molecule has 48 valence electrons. The van der Waals surface area contributed by atoms with Gasteiger partial charge in [0.2, 0.25) is 16.3 Å². The maximum atomic E-state index is 5.35. The van der Waals surface area contributed by atoms with Crippen LogP contribution in [-0.4, -0.2) is 26.3 Å². The molecule has 0 unspecified atom stereocenters. The Labute approximate surface area is 62.1 Å². The Hall–Kier alpha value is -0.458. The summed E-state index contributed by atoms with van der Waals surface area (Å²) < 4.78 is 0. The number of aromatic amines is 1. The Kier molecular flexibility index (Phi) is 2.15. The van der Waals surface area contributed by atoms with Crippen molar-refractivity contribution in [3.05, 3.63) is 11.9 Å². The molecule has 3 nitrogen and oxygen atoms in total. The first kappa shape index (κ1) is 6.66. The standard InChI is InChI=1S/C5H8N3.Al.2H/c1-2-4-3-7-5(6)8-4;;;/h3H,1-2H2,(H3,6,7,8);;;. The van der Waals surface area contributed by atoms with Gasteiger partial charge in [0.15, 0.2) is 5.95 Å². The van der Waals surface area contributed by atoms with E-state index in [9.17, 15) is 0 Å². The van der Waals surface area contributed by atoms with E-state index in [2.05, 4.69) is 9.97 Å². The number of hydrogen-bond donors (Lipinski definition) is 2. The number of rotatable bonds is 2. The predicted molar refractivity (Wildman–Crippen MR) is 40.1 cm³/mol. The largest absolute Gasteiger partial charge is 0.369 e. The quantitative estimate of drug-likeness (QED) is 0.547. The van der Waals surface area contributed by atoms with Crippen LogP contribution in [0.25, 0.3) is 0 Å². The van der Waals surface area contributed by atoms with Gasteiger partial charge in [-0.15, -0.1) is 0 Å². The molecule has 0 radical (unpaired) electrons. The fraction of sp³-hybridized carbons (Fsp3) is 0.400. The van der Waals surface area contributed by atoms with Crippen LogP contribution in [0.15, 0.2) is 6.20 Å². The topological polar surface area (TPSA) is 54.7 Å². The second kappa shape index (κ2) is 2.90. The number of nitrogens with zero attached hydrogens (tertiary/aromatic N) is 1. The minimum Gasteiger partial charge on any atom is -0.369 e. The Morgan fingerprint density at radius 3 is 3.00 bits per heavy atom. The Morgan fingerprint density at radius 2 is 2.56 bits per heavy atom. The van der Waals surface area contributed by atoms with Crippen LogP contribution < -0.4 is 5.73 Å². The fourth-order valence-electron chi connectivity index (χ4n) is 0.773. The second-order valence-corrected chi connectivity index (χ2v) is 3.04. The zero-order valence-corrected chi connectivity index (χ0v) is 7.52. The molecule has 0 aliphatic heterocycles. The van der Waals surface area contributed by atoms with E-state index in [1.54, 1.807) is 6.20 Å².